The van der Waals surface area contributed by atoms with Crippen molar-refractivity contribution in [3.63, 3.8) is 0 Å². The molecule has 2 aromatic rings. The van der Waals surface area contributed by atoms with Gasteiger partial charge in [0.2, 0.25) is 0 Å². The third-order valence-electron chi connectivity index (χ3n) is 4.68. The summed E-state index contributed by atoms with van der Waals surface area (Å²) in [6.07, 6.45) is 8.80. The van der Waals surface area contributed by atoms with Gasteiger partial charge >= 0.3 is 6.03 Å². The molecule has 1 aromatic heterocycles. The van der Waals surface area contributed by atoms with Crippen molar-refractivity contribution in [1.29, 1.82) is 0 Å². The average molecular weight is 327 g/mol. The van der Waals surface area contributed by atoms with Crippen molar-refractivity contribution in [2.75, 3.05) is 18.5 Å². The fraction of sp³-hybridized carbons (Fsp3) is 0.474. The maximum atomic E-state index is 12.1. The third-order valence-corrected chi connectivity index (χ3v) is 4.68. The van der Waals surface area contributed by atoms with Gasteiger partial charge in [-0.05, 0) is 30.9 Å². The summed E-state index contributed by atoms with van der Waals surface area (Å²) in [6.45, 7) is 3.32. The number of rotatable bonds is 5. The van der Waals surface area contributed by atoms with Crippen LogP contribution in [0.1, 0.15) is 32.6 Å². The zero-order chi connectivity index (χ0) is 16.8. The van der Waals surface area contributed by atoms with Crippen LogP contribution >= 0.6 is 0 Å². The number of anilines is 1. The van der Waals surface area contributed by atoms with Crippen LogP contribution in [-0.2, 0) is 4.74 Å². The summed E-state index contributed by atoms with van der Waals surface area (Å²) >= 11 is 0. The summed E-state index contributed by atoms with van der Waals surface area (Å²) in [5, 5.41) is 7.74. The first-order valence-corrected chi connectivity index (χ1v) is 8.73. The number of carbonyl (C=O) groups excluding carboxylic acids is 1. The van der Waals surface area contributed by atoms with E-state index in [-0.39, 0.29) is 6.03 Å². The lowest BCUT2D eigenvalue weighted by Crippen LogP contribution is -2.34. The van der Waals surface area contributed by atoms with E-state index in [1.54, 1.807) is 12.4 Å². The fourth-order valence-corrected chi connectivity index (χ4v) is 3.30. The quantitative estimate of drug-likeness (QED) is 0.817. The highest BCUT2D eigenvalue weighted by atomic mass is 16.5. The van der Waals surface area contributed by atoms with Gasteiger partial charge in [0.1, 0.15) is 0 Å². The number of nitrogens with zero attached hydrogens (tertiary/aromatic N) is 1. The van der Waals surface area contributed by atoms with Crippen molar-refractivity contribution in [2.45, 2.75) is 38.7 Å². The van der Waals surface area contributed by atoms with E-state index in [0.29, 0.717) is 25.2 Å². The molecule has 1 fully saturated rings. The van der Waals surface area contributed by atoms with Gasteiger partial charge in [0.15, 0.2) is 0 Å². The Balaban J connectivity index is 1.45. The van der Waals surface area contributed by atoms with Crippen LogP contribution in [0.3, 0.4) is 0 Å². The van der Waals surface area contributed by atoms with E-state index >= 15 is 0 Å². The molecular formula is C19H25N3O2. The topological polar surface area (TPSA) is 63.2 Å². The molecule has 0 aliphatic heterocycles. The van der Waals surface area contributed by atoms with Crippen molar-refractivity contribution < 1.29 is 9.53 Å². The number of nitrogens with one attached hydrogen (secondary N) is 2. The van der Waals surface area contributed by atoms with Crippen LogP contribution in [0.15, 0.2) is 36.7 Å². The number of aromatic nitrogens is 1. The highest BCUT2D eigenvalue weighted by Gasteiger charge is 2.21. The lowest BCUT2D eigenvalue weighted by atomic mass is 9.88. The van der Waals surface area contributed by atoms with Crippen LogP contribution in [0.25, 0.3) is 10.8 Å². The van der Waals surface area contributed by atoms with Gasteiger partial charge in [-0.3, -0.25) is 4.98 Å². The Kier molecular flexibility index (Phi) is 5.64. The minimum absolute atomic E-state index is 0.209. The van der Waals surface area contributed by atoms with Crippen molar-refractivity contribution in [3.8, 4) is 0 Å². The monoisotopic (exact) mass is 327 g/mol. The standard InChI is InChI=1S/C19H25N3O2/c1-14-5-2-3-8-18(14)24-12-11-21-19(23)22-17-7-4-6-15-13-20-10-9-16(15)17/h4,6-7,9-10,13-14,18H,2-3,5,8,11-12H2,1H3,(H2,21,22,23). The van der Waals surface area contributed by atoms with Crippen LogP contribution in [0.2, 0.25) is 0 Å². The van der Waals surface area contributed by atoms with Gasteiger partial charge in [-0.25, -0.2) is 4.79 Å². The van der Waals surface area contributed by atoms with Gasteiger partial charge in [0, 0.05) is 29.7 Å². The van der Waals surface area contributed by atoms with Crippen molar-refractivity contribution in [1.82, 2.24) is 10.3 Å². The molecule has 1 aliphatic carbocycles. The maximum Gasteiger partial charge on any atom is 0.319 e. The molecule has 2 amide bonds. The average Bonchev–Trinajstić information content (AvgIpc) is 2.60. The molecule has 0 saturated heterocycles. The van der Waals surface area contributed by atoms with Crippen LogP contribution in [0.4, 0.5) is 10.5 Å². The SMILES string of the molecule is CC1CCCCC1OCCNC(=O)Nc1cccc2cnccc12. The lowest BCUT2D eigenvalue weighted by Gasteiger charge is -2.28. The molecule has 1 heterocycles. The second kappa shape index (κ2) is 8.11. The van der Waals surface area contributed by atoms with Crippen LogP contribution in [0.5, 0.6) is 0 Å². The summed E-state index contributed by atoms with van der Waals surface area (Å²) in [5.41, 5.74) is 0.786. The number of carbonyl (C=O) groups is 1. The minimum Gasteiger partial charge on any atom is -0.376 e. The molecule has 128 valence electrons. The van der Waals surface area contributed by atoms with Gasteiger partial charge in [-0.2, -0.15) is 0 Å². The molecule has 3 rings (SSSR count). The lowest BCUT2D eigenvalue weighted by molar-refractivity contribution is -0.00232. The second-order valence-electron chi connectivity index (χ2n) is 6.45. The zero-order valence-electron chi connectivity index (χ0n) is 14.1. The van der Waals surface area contributed by atoms with E-state index in [9.17, 15) is 4.79 Å². The second-order valence-corrected chi connectivity index (χ2v) is 6.45. The Morgan fingerprint density at radius 3 is 3.04 bits per heavy atom. The molecule has 0 radical (unpaired) electrons. The largest absolute Gasteiger partial charge is 0.376 e. The van der Waals surface area contributed by atoms with Gasteiger partial charge in [0.05, 0.1) is 18.4 Å². The first-order valence-electron chi connectivity index (χ1n) is 8.73. The third kappa shape index (κ3) is 4.23. The van der Waals surface area contributed by atoms with E-state index in [1.165, 1.54) is 19.3 Å². The predicted octanol–water partition coefficient (Wildman–Crippen LogP) is 3.95. The number of pyridine rings is 1. The van der Waals surface area contributed by atoms with Gasteiger partial charge in [-0.1, -0.05) is 31.9 Å². The highest BCUT2D eigenvalue weighted by molar-refractivity contribution is 6.01. The van der Waals surface area contributed by atoms with E-state index < -0.39 is 0 Å². The Labute approximate surface area is 142 Å². The Morgan fingerprint density at radius 1 is 1.29 bits per heavy atom. The van der Waals surface area contributed by atoms with E-state index in [1.807, 2.05) is 24.3 Å². The molecule has 0 spiro atoms. The van der Waals surface area contributed by atoms with E-state index in [0.717, 1.165) is 22.9 Å². The van der Waals surface area contributed by atoms with Gasteiger partial charge in [0.25, 0.3) is 0 Å². The smallest absolute Gasteiger partial charge is 0.319 e. The molecule has 24 heavy (non-hydrogen) atoms. The molecule has 5 nitrogen and oxygen atoms in total. The maximum absolute atomic E-state index is 12.1. The van der Waals surface area contributed by atoms with Gasteiger partial charge < -0.3 is 15.4 Å². The molecule has 0 bridgehead atoms. The van der Waals surface area contributed by atoms with E-state index in [4.69, 9.17) is 4.74 Å². The first-order chi connectivity index (χ1) is 11.7. The number of hydrogen-bond donors (Lipinski definition) is 2. The Bertz CT molecular complexity index is 684. The van der Waals surface area contributed by atoms with Crippen molar-refractivity contribution in [2.24, 2.45) is 5.92 Å². The van der Waals surface area contributed by atoms with Crippen molar-refractivity contribution >= 4 is 22.5 Å². The number of urea groups is 1. The summed E-state index contributed by atoms with van der Waals surface area (Å²) in [6, 6.07) is 7.47. The fourth-order valence-electron chi connectivity index (χ4n) is 3.30. The Hall–Kier alpha value is -2.14. The molecule has 2 N–H and O–H groups in total. The normalized spacial score (nSPS) is 20.7. The first kappa shape index (κ1) is 16.7. The molecular weight excluding hydrogens is 302 g/mol. The van der Waals surface area contributed by atoms with Crippen LogP contribution in [-0.4, -0.2) is 30.3 Å². The Morgan fingerprint density at radius 2 is 2.17 bits per heavy atom. The zero-order valence-corrected chi connectivity index (χ0v) is 14.1. The predicted molar refractivity (Wildman–Crippen MR) is 96.1 cm³/mol. The molecule has 1 aliphatic rings. The molecule has 1 saturated carbocycles. The number of fused-ring (bicyclic) bond motifs is 1. The van der Waals surface area contributed by atoms with Crippen molar-refractivity contribution in [3.05, 3.63) is 36.7 Å². The van der Waals surface area contributed by atoms with E-state index in [2.05, 4.69) is 22.5 Å². The summed E-state index contributed by atoms with van der Waals surface area (Å²) in [4.78, 5) is 16.2. The highest BCUT2D eigenvalue weighted by Crippen LogP contribution is 2.26. The number of hydrogen-bond acceptors (Lipinski definition) is 3. The summed E-state index contributed by atoms with van der Waals surface area (Å²) in [5.74, 6) is 0.622. The molecule has 5 heteroatoms. The van der Waals surface area contributed by atoms with Gasteiger partial charge in [-0.15, -0.1) is 0 Å². The number of ether oxygens (including phenoxy) is 1. The van der Waals surface area contributed by atoms with Crippen LogP contribution in [0, 0.1) is 5.92 Å². The summed E-state index contributed by atoms with van der Waals surface area (Å²) < 4.78 is 5.92. The minimum atomic E-state index is -0.209. The molecule has 2 atom stereocenters. The number of benzene rings is 1. The number of amides is 2. The molecule has 2 unspecified atom stereocenters. The molecule has 1 aromatic carbocycles. The van der Waals surface area contributed by atoms with Crippen LogP contribution < -0.4 is 10.6 Å². The summed E-state index contributed by atoms with van der Waals surface area (Å²) in [7, 11) is 0.